The van der Waals surface area contributed by atoms with Crippen LogP contribution in [0.3, 0.4) is 0 Å². The molecule has 96 valence electrons. The lowest BCUT2D eigenvalue weighted by Gasteiger charge is -2.02. The van der Waals surface area contributed by atoms with Crippen LogP contribution in [0.15, 0.2) is 12.7 Å². The quantitative estimate of drug-likeness (QED) is 0.257. The van der Waals surface area contributed by atoms with Gasteiger partial charge in [0.05, 0.1) is 0 Å². The fraction of sp³-hybridized carbons (Fsp3) is 0.875. The SMILES string of the molecule is [2H]C([2H])(C=C)CCCCCCCCCCCCC. The fourth-order valence-corrected chi connectivity index (χ4v) is 1.99. The van der Waals surface area contributed by atoms with E-state index >= 15 is 0 Å². The highest BCUT2D eigenvalue weighted by Crippen LogP contribution is 2.12. The van der Waals surface area contributed by atoms with Gasteiger partial charge in [-0.15, -0.1) is 6.58 Å². The van der Waals surface area contributed by atoms with Crippen molar-refractivity contribution in [2.24, 2.45) is 0 Å². The van der Waals surface area contributed by atoms with Crippen LogP contribution < -0.4 is 0 Å². The lowest BCUT2D eigenvalue weighted by Crippen LogP contribution is -1.82. The van der Waals surface area contributed by atoms with Crippen molar-refractivity contribution < 1.29 is 2.74 Å². The van der Waals surface area contributed by atoms with Crippen LogP contribution in [-0.2, 0) is 0 Å². The summed E-state index contributed by atoms with van der Waals surface area (Å²) in [6, 6.07) is 0. The number of rotatable bonds is 13. The van der Waals surface area contributed by atoms with E-state index in [1.54, 1.807) is 0 Å². The van der Waals surface area contributed by atoms with E-state index < -0.39 is 6.37 Å². The Morgan fingerprint density at radius 2 is 1.12 bits per heavy atom. The van der Waals surface area contributed by atoms with Crippen LogP contribution in [0.25, 0.3) is 0 Å². The summed E-state index contributed by atoms with van der Waals surface area (Å²) in [5.41, 5.74) is 0. The van der Waals surface area contributed by atoms with E-state index in [9.17, 15) is 0 Å². The molecule has 0 aromatic heterocycles. The zero-order chi connectivity index (χ0) is 13.7. The van der Waals surface area contributed by atoms with Gasteiger partial charge in [0.1, 0.15) is 0 Å². The minimum absolute atomic E-state index is 0.632. The molecular weight excluding hydrogens is 192 g/mol. The van der Waals surface area contributed by atoms with Gasteiger partial charge in [-0.05, 0) is 12.8 Å². The Hall–Kier alpha value is -0.260. The second kappa shape index (κ2) is 14.7. The molecular formula is C16H32. The predicted octanol–water partition coefficient (Wildman–Crippen LogP) is 6.26. The molecule has 0 aliphatic carbocycles. The van der Waals surface area contributed by atoms with Crippen LogP contribution >= 0.6 is 0 Å². The van der Waals surface area contributed by atoms with Crippen molar-refractivity contribution in [1.82, 2.24) is 0 Å². The van der Waals surface area contributed by atoms with Gasteiger partial charge >= 0.3 is 0 Å². The molecule has 0 aromatic rings. The van der Waals surface area contributed by atoms with E-state index in [-0.39, 0.29) is 0 Å². The van der Waals surface area contributed by atoms with Crippen molar-refractivity contribution in [3.05, 3.63) is 12.7 Å². The van der Waals surface area contributed by atoms with E-state index in [0.717, 1.165) is 6.42 Å². The minimum atomic E-state index is -1.15. The summed E-state index contributed by atoms with van der Waals surface area (Å²) in [5, 5.41) is 0. The molecule has 0 rings (SSSR count). The lowest BCUT2D eigenvalue weighted by molar-refractivity contribution is 0.545. The Labute approximate surface area is 106 Å². The molecule has 0 aromatic carbocycles. The third-order valence-corrected chi connectivity index (χ3v) is 3.07. The highest BCUT2D eigenvalue weighted by molar-refractivity contribution is 4.65. The predicted molar refractivity (Wildman–Crippen MR) is 75.9 cm³/mol. The zero-order valence-electron chi connectivity index (χ0n) is 13.3. The van der Waals surface area contributed by atoms with E-state index in [1.165, 1.54) is 70.3 Å². The molecule has 16 heavy (non-hydrogen) atoms. The molecule has 0 saturated heterocycles. The summed E-state index contributed by atoms with van der Waals surface area (Å²) >= 11 is 0. The van der Waals surface area contributed by atoms with Gasteiger partial charge in [0.2, 0.25) is 0 Å². The average molecular weight is 226 g/mol. The van der Waals surface area contributed by atoms with Crippen LogP contribution in [0.4, 0.5) is 0 Å². The summed E-state index contributed by atoms with van der Waals surface area (Å²) < 4.78 is 15.1. The van der Waals surface area contributed by atoms with Crippen molar-refractivity contribution >= 4 is 0 Å². The molecule has 0 bridgehead atoms. The van der Waals surface area contributed by atoms with Gasteiger partial charge in [-0.25, -0.2) is 0 Å². The Balaban J connectivity index is 3.10. The lowest BCUT2D eigenvalue weighted by atomic mass is 10.0. The molecule has 0 unspecified atom stereocenters. The third kappa shape index (κ3) is 13.7. The molecule has 0 heteroatoms. The van der Waals surface area contributed by atoms with Crippen LogP contribution in [0.2, 0.25) is 0 Å². The second-order valence-electron chi connectivity index (χ2n) is 4.69. The molecule has 0 spiro atoms. The van der Waals surface area contributed by atoms with Crippen LogP contribution in [0.1, 0.15) is 93.1 Å². The van der Waals surface area contributed by atoms with Crippen LogP contribution in [0.5, 0.6) is 0 Å². The number of unbranched alkanes of at least 4 members (excludes halogenated alkanes) is 10. The van der Waals surface area contributed by atoms with Crippen molar-refractivity contribution in [1.29, 1.82) is 0 Å². The molecule has 0 amide bonds. The molecule has 0 aliphatic heterocycles. The Morgan fingerprint density at radius 3 is 1.50 bits per heavy atom. The Morgan fingerprint density at radius 1 is 0.750 bits per heavy atom. The normalized spacial score (nSPS) is 13.3. The maximum Gasteiger partial charge on any atom is 0.0310 e. The van der Waals surface area contributed by atoms with Crippen LogP contribution in [0, 0.1) is 0 Å². The van der Waals surface area contributed by atoms with Gasteiger partial charge in [0.25, 0.3) is 0 Å². The first kappa shape index (κ1) is 12.2. The van der Waals surface area contributed by atoms with Crippen molar-refractivity contribution in [2.45, 2.75) is 90.3 Å². The van der Waals surface area contributed by atoms with Crippen molar-refractivity contribution in [2.75, 3.05) is 0 Å². The highest BCUT2D eigenvalue weighted by atomic mass is 14.0. The molecule has 0 atom stereocenters. The van der Waals surface area contributed by atoms with Gasteiger partial charge in [0, 0.05) is 2.74 Å². The van der Waals surface area contributed by atoms with Gasteiger partial charge in [0.15, 0.2) is 0 Å². The van der Waals surface area contributed by atoms with Gasteiger partial charge in [-0.1, -0.05) is 83.6 Å². The first-order valence-corrected chi connectivity index (χ1v) is 7.26. The van der Waals surface area contributed by atoms with Crippen molar-refractivity contribution in [3.8, 4) is 0 Å². The van der Waals surface area contributed by atoms with E-state index in [0.29, 0.717) is 6.42 Å². The van der Waals surface area contributed by atoms with Crippen LogP contribution in [-0.4, -0.2) is 0 Å². The molecule has 0 heterocycles. The molecule has 0 nitrogen and oxygen atoms in total. The number of allylic oxidation sites excluding steroid dienone is 1. The molecule has 0 saturated carbocycles. The average Bonchev–Trinajstić information content (AvgIpc) is 2.36. The Kier molecular flexibility index (Phi) is 11.2. The van der Waals surface area contributed by atoms with E-state index in [2.05, 4.69) is 13.5 Å². The summed E-state index contributed by atoms with van der Waals surface area (Å²) in [6.45, 7) is 5.79. The Bertz CT molecular complexity index is 188. The van der Waals surface area contributed by atoms with Gasteiger partial charge in [-0.2, -0.15) is 0 Å². The molecule has 0 fully saturated rings. The van der Waals surface area contributed by atoms with Crippen molar-refractivity contribution in [3.63, 3.8) is 0 Å². The fourth-order valence-electron chi connectivity index (χ4n) is 1.99. The largest absolute Gasteiger partial charge is 0.103 e. The van der Waals surface area contributed by atoms with E-state index in [1.807, 2.05) is 0 Å². The molecule has 0 aliphatic rings. The first-order chi connectivity index (χ1) is 8.62. The van der Waals surface area contributed by atoms with E-state index in [4.69, 9.17) is 2.74 Å². The smallest absolute Gasteiger partial charge is 0.0310 e. The third-order valence-electron chi connectivity index (χ3n) is 3.07. The highest BCUT2D eigenvalue weighted by Gasteiger charge is 1.92. The summed E-state index contributed by atoms with van der Waals surface area (Å²) in [4.78, 5) is 0. The van der Waals surface area contributed by atoms with Gasteiger partial charge in [-0.3, -0.25) is 0 Å². The summed E-state index contributed by atoms with van der Waals surface area (Å²) in [7, 11) is 0. The first-order valence-electron chi connectivity index (χ1n) is 8.26. The molecule has 0 N–H and O–H groups in total. The monoisotopic (exact) mass is 226 g/mol. The summed E-state index contributed by atoms with van der Waals surface area (Å²) in [6.07, 6.45) is 15.4. The topological polar surface area (TPSA) is 0 Å². The number of hydrogen-bond acceptors (Lipinski definition) is 0. The zero-order valence-corrected chi connectivity index (χ0v) is 11.3. The molecule has 0 radical (unpaired) electrons. The maximum atomic E-state index is 7.55. The second-order valence-corrected chi connectivity index (χ2v) is 4.69. The van der Waals surface area contributed by atoms with Gasteiger partial charge < -0.3 is 0 Å². The minimum Gasteiger partial charge on any atom is -0.103 e. The standard InChI is InChI=1S/C16H32/c1-3-5-7-9-11-13-15-16-14-12-10-8-6-4-2/h3H,1,4-16H2,2H3/i5D2. The summed E-state index contributed by atoms with van der Waals surface area (Å²) in [5.74, 6) is 0. The number of hydrogen-bond donors (Lipinski definition) is 0. The maximum absolute atomic E-state index is 7.55.